The molecule has 1 aromatic carbocycles. The number of allylic oxidation sites excluding steroid dienone is 2. The summed E-state index contributed by atoms with van der Waals surface area (Å²) in [5, 5.41) is 8.56. The molecular weight excluding hydrogens is 214 g/mol. The number of aliphatic carboxylic acids is 1. The minimum Gasteiger partial charge on any atom is -0.478 e. The van der Waals surface area contributed by atoms with Crippen LogP contribution in [-0.2, 0) is 4.79 Å². The van der Waals surface area contributed by atoms with Gasteiger partial charge >= 0.3 is 5.97 Å². The molecular formula is C14H17NO2. The highest BCUT2D eigenvalue weighted by Gasteiger charge is 1.94. The first-order valence-corrected chi connectivity index (χ1v) is 5.36. The number of carboxylic acids is 1. The molecule has 0 atom stereocenters. The van der Waals surface area contributed by atoms with Gasteiger partial charge in [-0.1, -0.05) is 24.3 Å². The number of carbonyl (C=O) groups is 1. The number of anilines is 1. The third-order valence-corrected chi connectivity index (χ3v) is 2.30. The highest BCUT2D eigenvalue weighted by Crippen LogP contribution is 2.13. The molecule has 0 saturated heterocycles. The predicted molar refractivity (Wildman–Crippen MR) is 71.2 cm³/mol. The Hall–Kier alpha value is -2.03. The van der Waals surface area contributed by atoms with E-state index in [0.717, 1.165) is 11.3 Å². The molecule has 1 rings (SSSR count). The summed E-state index contributed by atoms with van der Waals surface area (Å²) in [7, 11) is 3.98. The highest BCUT2D eigenvalue weighted by atomic mass is 16.4. The van der Waals surface area contributed by atoms with Crippen LogP contribution in [0.5, 0.6) is 0 Å². The zero-order valence-corrected chi connectivity index (χ0v) is 10.3. The van der Waals surface area contributed by atoms with Gasteiger partial charge in [-0.05, 0) is 30.2 Å². The fourth-order valence-electron chi connectivity index (χ4n) is 1.35. The summed E-state index contributed by atoms with van der Waals surface area (Å²) in [5.74, 6) is -0.921. The number of carboxylic acid groups (broad SMARTS) is 1. The number of hydrogen-bond acceptors (Lipinski definition) is 2. The lowest BCUT2D eigenvalue weighted by molar-refractivity contribution is -0.131. The van der Waals surface area contributed by atoms with E-state index in [1.54, 1.807) is 13.0 Å². The van der Waals surface area contributed by atoms with Crippen LogP contribution in [0.25, 0.3) is 6.08 Å². The van der Waals surface area contributed by atoms with Gasteiger partial charge in [0.2, 0.25) is 0 Å². The van der Waals surface area contributed by atoms with Crippen molar-refractivity contribution in [3.63, 3.8) is 0 Å². The maximum absolute atomic E-state index is 10.4. The van der Waals surface area contributed by atoms with E-state index in [1.807, 2.05) is 49.3 Å². The Morgan fingerprint density at radius 3 is 2.29 bits per heavy atom. The number of benzene rings is 1. The summed E-state index contributed by atoms with van der Waals surface area (Å²) >= 11 is 0. The number of nitrogens with zero attached hydrogens (tertiary/aromatic N) is 1. The molecule has 0 aromatic heterocycles. The van der Waals surface area contributed by atoms with Gasteiger partial charge in [0.1, 0.15) is 0 Å². The molecule has 0 bridgehead atoms. The molecule has 0 aliphatic heterocycles. The first-order chi connectivity index (χ1) is 7.99. The Balaban J connectivity index is 2.76. The molecule has 3 heteroatoms. The molecule has 90 valence electrons. The van der Waals surface area contributed by atoms with Crippen LogP contribution in [0.1, 0.15) is 12.5 Å². The Morgan fingerprint density at radius 2 is 1.82 bits per heavy atom. The zero-order chi connectivity index (χ0) is 12.8. The number of hydrogen-bond donors (Lipinski definition) is 1. The van der Waals surface area contributed by atoms with E-state index in [-0.39, 0.29) is 0 Å². The maximum Gasteiger partial charge on any atom is 0.328 e. The van der Waals surface area contributed by atoms with Crippen molar-refractivity contribution in [3.8, 4) is 0 Å². The quantitative estimate of drug-likeness (QED) is 0.640. The molecule has 0 radical (unpaired) electrons. The molecule has 1 aromatic rings. The lowest BCUT2D eigenvalue weighted by atomic mass is 10.1. The van der Waals surface area contributed by atoms with Crippen molar-refractivity contribution in [3.05, 3.63) is 47.6 Å². The van der Waals surface area contributed by atoms with Crippen molar-refractivity contribution in [2.24, 2.45) is 0 Å². The van der Waals surface area contributed by atoms with E-state index in [2.05, 4.69) is 0 Å². The molecule has 0 unspecified atom stereocenters. The van der Waals surface area contributed by atoms with Crippen LogP contribution >= 0.6 is 0 Å². The van der Waals surface area contributed by atoms with Crippen molar-refractivity contribution >= 4 is 17.7 Å². The third kappa shape index (κ3) is 4.55. The second-order valence-electron chi connectivity index (χ2n) is 4.05. The smallest absolute Gasteiger partial charge is 0.328 e. The fourth-order valence-corrected chi connectivity index (χ4v) is 1.35. The van der Waals surface area contributed by atoms with E-state index < -0.39 is 5.97 Å². The van der Waals surface area contributed by atoms with Gasteiger partial charge in [0.15, 0.2) is 0 Å². The highest BCUT2D eigenvalue weighted by molar-refractivity contribution is 5.81. The molecule has 0 spiro atoms. The minimum absolute atomic E-state index is 0.717. The first-order valence-electron chi connectivity index (χ1n) is 5.36. The first kappa shape index (κ1) is 13.0. The van der Waals surface area contributed by atoms with E-state index in [1.165, 1.54) is 6.08 Å². The van der Waals surface area contributed by atoms with Gasteiger partial charge in [-0.25, -0.2) is 4.79 Å². The molecule has 3 nitrogen and oxygen atoms in total. The molecule has 0 fully saturated rings. The van der Waals surface area contributed by atoms with Crippen LogP contribution in [0.15, 0.2) is 42.0 Å². The molecule has 17 heavy (non-hydrogen) atoms. The molecule has 0 aliphatic rings. The van der Waals surface area contributed by atoms with Gasteiger partial charge in [0.25, 0.3) is 0 Å². The summed E-state index contributed by atoms with van der Waals surface area (Å²) in [6.07, 6.45) is 4.87. The lowest BCUT2D eigenvalue weighted by Crippen LogP contribution is -2.07. The molecule has 0 aliphatic carbocycles. The van der Waals surface area contributed by atoms with Crippen molar-refractivity contribution in [1.82, 2.24) is 0 Å². The van der Waals surface area contributed by atoms with Crippen molar-refractivity contribution < 1.29 is 9.90 Å². The summed E-state index contributed by atoms with van der Waals surface area (Å²) < 4.78 is 0. The Labute approximate surface area is 102 Å². The monoisotopic (exact) mass is 231 g/mol. The van der Waals surface area contributed by atoms with Crippen molar-refractivity contribution in [1.29, 1.82) is 0 Å². The van der Waals surface area contributed by atoms with Crippen LogP contribution in [0.3, 0.4) is 0 Å². The molecule has 0 amide bonds. The Bertz CT molecular complexity index is 442. The average Bonchev–Trinajstić information content (AvgIpc) is 2.26. The Morgan fingerprint density at radius 1 is 1.24 bits per heavy atom. The van der Waals surface area contributed by atoms with Gasteiger partial charge in [-0.15, -0.1) is 0 Å². The summed E-state index contributed by atoms with van der Waals surface area (Å²) in [5.41, 5.74) is 2.91. The standard InChI is InChI=1S/C14H17NO2/c1-11(10-14(16)17)4-5-12-6-8-13(9-7-12)15(2)3/h4-10H,1-3H3,(H,16,17)/b5-4-,11-10+. The van der Waals surface area contributed by atoms with Gasteiger partial charge < -0.3 is 10.0 Å². The van der Waals surface area contributed by atoms with Gasteiger partial charge in [-0.2, -0.15) is 0 Å². The molecule has 0 saturated carbocycles. The number of rotatable bonds is 4. The van der Waals surface area contributed by atoms with Crippen LogP contribution in [-0.4, -0.2) is 25.2 Å². The van der Waals surface area contributed by atoms with Crippen LogP contribution in [0.2, 0.25) is 0 Å². The largest absolute Gasteiger partial charge is 0.478 e. The third-order valence-electron chi connectivity index (χ3n) is 2.30. The van der Waals surface area contributed by atoms with E-state index in [0.29, 0.717) is 5.57 Å². The van der Waals surface area contributed by atoms with Crippen LogP contribution < -0.4 is 4.90 Å². The van der Waals surface area contributed by atoms with Crippen LogP contribution in [0.4, 0.5) is 5.69 Å². The maximum atomic E-state index is 10.4. The zero-order valence-electron chi connectivity index (χ0n) is 10.3. The average molecular weight is 231 g/mol. The van der Waals surface area contributed by atoms with Crippen molar-refractivity contribution in [2.75, 3.05) is 19.0 Å². The van der Waals surface area contributed by atoms with Crippen molar-refractivity contribution in [2.45, 2.75) is 6.92 Å². The predicted octanol–water partition coefficient (Wildman–Crippen LogP) is 2.80. The summed E-state index contributed by atoms with van der Waals surface area (Å²) in [6, 6.07) is 8.05. The second-order valence-corrected chi connectivity index (χ2v) is 4.05. The molecule has 1 N–H and O–H groups in total. The lowest BCUT2D eigenvalue weighted by Gasteiger charge is -2.11. The SMILES string of the molecule is CC(/C=C\c1ccc(N(C)C)cc1)=C\C(=O)O. The minimum atomic E-state index is -0.921. The normalized spacial score (nSPS) is 11.8. The summed E-state index contributed by atoms with van der Waals surface area (Å²) in [6.45, 7) is 1.76. The second kappa shape index (κ2) is 5.89. The topological polar surface area (TPSA) is 40.5 Å². The summed E-state index contributed by atoms with van der Waals surface area (Å²) in [4.78, 5) is 12.5. The van der Waals surface area contributed by atoms with Gasteiger partial charge in [0.05, 0.1) is 0 Å². The van der Waals surface area contributed by atoms with Crippen LogP contribution in [0, 0.1) is 0 Å². The van der Waals surface area contributed by atoms with E-state index in [4.69, 9.17) is 5.11 Å². The fraction of sp³-hybridized carbons (Fsp3) is 0.214. The van der Waals surface area contributed by atoms with Gasteiger partial charge in [-0.3, -0.25) is 0 Å². The molecule has 0 heterocycles. The Kier molecular flexibility index (Phi) is 4.52. The van der Waals surface area contributed by atoms with Gasteiger partial charge in [0, 0.05) is 25.9 Å². The van der Waals surface area contributed by atoms with E-state index in [9.17, 15) is 4.79 Å². The van der Waals surface area contributed by atoms with E-state index >= 15 is 0 Å².